The van der Waals surface area contributed by atoms with E-state index in [1.165, 1.54) is 0 Å². The first kappa shape index (κ1) is 11.3. The molecule has 0 amide bonds. The van der Waals surface area contributed by atoms with Gasteiger partial charge in [-0.3, -0.25) is 4.40 Å². The molecule has 2 rings (SSSR count). The maximum Gasteiger partial charge on any atom is 0.198 e. The van der Waals surface area contributed by atoms with Crippen molar-refractivity contribution in [1.82, 2.24) is 19.6 Å². The average Bonchev–Trinajstić information content (AvgIpc) is 2.58. The van der Waals surface area contributed by atoms with Gasteiger partial charge in [0.1, 0.15) is 5.60 Å². The Labute approximate surface area is 98.1 Å². The first-order chi connectivity index (χ1) is 7.32. The molecular formula is C10H13ClN4O. The molecule has 5 nitrogen and oxygen atoms in total. The maximum absolute atomic E-state index is 10.00. The molecule has 0 unspecified atom stereocenters. The molecule has 0 aliphatic heterocycles. The van der Waals surface area contributed by atoms with Gasteiger partial charge in [-0.25, -0.2) is 4.98 Å². The van der Waals surface area contributed by atoms with Gasteiger partial charge < -0.3 is 5.11 Å². The third-order valence-corrected chi connectivity index (χ3v) is 2.77. The van der Waals surface area contributed by atoms with Gasteiger partial charge in [-0.15, -0.1) is 10.2 Å². The highest BCUT2D eigenvalue weighted by Crippen LogP contribution is 2.24. The number of hydrogen-bond donors (Lipinski definition) is 1. The minimum absolute atomic E-state index is 0.297. The van der Waals surface area contributed by atoms with E-state index in [0.717, 1.165) is 11.4 Å². The zero-order chi connectivity index (χ0) is 12.1. The summed E-state index contributed by atoms with van der Waals surface area (Å²) in [4.78, 5) is 4.16. The molecule has 16 heavy (non-hydrogen) atoms. The predicted molar refractivity (Wildman–Crippen MR) is 60.5 cm³/mol. The number of halogens is 1. The van der Waals surface area contributed by atoms with Crippen molar-refractivity contribution < 1.29 is 5.11 Å². The zero-order valence-electron chi connectivity index (χ0n) is 9.61. The normalized spacial score (nSPS) is 12.4. The first-order valence-corrected chi connectivity index (χ1v) is 5.31. The number of fused-ring (bicyclic) bond motifs is 1. The number of rotatable bonds is 1. The molecule has 0 fully saturated rings. The Morgan fingerprint density at radius 3 is 2.44 bits per heavy atom. The second-order valence-electron chi connectivity index (χ2n) is 4.32. The molecule has 2 aromatic heterocycles. The molecule has 6 heteroatoms. The monoisotopic (exact) mass is 240 g/mol. The van der Waals surface area contributed by atoms with Crippen LogP contribution in [0.25, 0.3) is 5.65 Å². The fraction of sp³-hybridized carbons (Fsp3) is 0.500. The van der Waals surface area contributed by atoms with E-state index >= 15 is 0 Å². The van der Waals surface area contributed by atoms with Crippen LogP contribution in [-0.2, 0) is 5.60 Å². The van der Waals surface area contributed by atoms with Crippen molar-refractivity contribution in [3.63, 3.8) is 0 Å². The summed E-state index contributed by atoms with van der Waals surface area (Å²) in [6.07, 6.45) is 0. The summed E-state index contributed by atoms with van der Waals surface area (Å²) in [7, 11) is 0. The molecule has 1 N–H and O–H groups in total. The van der Waals surface area contributed by atoms with E-state index in [4.69, 9.17) is 11.6 Å². The molecular weight excluding hydrogens is 228 g/mol. The molecule has 0 bridgehead atoms. The van der Waals surface area contributed by atoms with Crippen molar-refractivity contribution in [2.75, 3.05) is 0 Å². The predicted octanol–water partition coefficient (Wildman–Crippen LogP) is 1.62. The third kappa shape index (κ3) is 1.56. The van der Waals surface area contributed by atoms with E-state index in [1.54, 1.807) is 18.2 Å². The van der Waals surface area contributed by atoms with E-state index in [9.17, 15) is 5.11 Å². The van der Waals surface area contributed by atoms with E-state index in [-0.39, 0.29) is 0 Å². The van der Waals surface area contributed by atoms with E-state index < -0.39 is 5.60 Å². The highest BCUT2D eigenvalue weighted by Gasteiger charge is 2.25. The van der Waals surface area contributed by atoms with Gasteiger partial charge in [0.05, 0.1) is 5.69 Å². The second-order valence-corrected chi connectivity index (χ2v) is 4.67. The molecule has 0 aromatic carbocycles. The molecule has 0 atom stereocenters. The van der Waals surface area contributed by atoms with Crippen molar-refractivity contribution in [3.8, 4) is 0 Å². The van der Waals surface area contributed by atoms with Crippen LogP contribution in [0.5, 0.6) is 0 Å². The average molecular weight is 241 g/mol. The lowest BCUT2D eigenvalue weighted by Gasteiger charge is -2.16. The minimum Gasteiger partial charge on any atom is -0.382 e. The zero-order valence-corrected chi connectivity index (χ0v) is 10.4. The molecule has 0 radical (unpaired) electrons. The van der Waals surface area contributed by atoms with Crippen molar-refractivity contribution in [2.45, 2.75) is 33.3 Å². The van der Waals surface area contributed by atoms with Gasteiger partial charge in [0, 0.05) is 5.69 Å². The van der Waals surface area contributed by atoms with Crippen LogP contribution in [0.3, 0.4) is 0 Å². The quantitative estimate of drug-likeness (QED) is 0.823. The SMILES string of the molecule is Cc1nc(Cl)c2nnc(C(C)(C)O)n2c1C. The van der Waals surface area contributed by atoms with Crippen LogP contribution < -0.4 is 0 Å². The lowest BCUT2D eigenvalue weighted by molar-refractivity contribution is 0.0674. The van der Waals surface area contributed by atoms with Crippen LogP contribution >= 0.6 is 11.6 Å². The number of aromatic nitrogens is 4. The lowest BCUT2D eigenvalue weighted by Crippen LogP contribution is -2.21. The fourth-order valence-electron chi connectivity index (χ4n) is 1.57. The van der Waals surface area contributed by atoms with Gasteiger partial charge in [0.2, 0.25) is 0 Å². The van der Waals surface area contributed by atoms with Crippen LogP contribution in [0.15, 0.2) is 0 Å². The Balaban J connectivity index is 2.91. The van der Waals surface area contributed by atoms with Gasteiger partial charge in [-0.05, 0) is 27.7 Å². The molecule has 0 spiro atoms. The number of aliphatic hydroxyl groups is 1. The molecule has 86 valence electrons. The van der Waals surface area contributed by atoms with E-state index in [1.807, 2.05) is 13.8 Å². The van der Waals surface area contributed by atoms with Gasteiger partial charge in [0.15, 0.2) is 16.6 Å². The third-order valence-electron chi connectivity index (χ3n) is 2.52. The topological polar surface area (TPSA) is 63.3 Å². The van der Waals surface area contributed by atoms with Crippen LogP contribution in [0, 0.1) is 13.8 Å². The Morgan fingerprint density at radius 1 is 1.25 bits per heavy atom. The van der Waals surface area contributed by atoms with Crippen LogP contribution in [0.2, 0.25) is 5.15 Å². The second kappa shape index (κ2) is 3.40. The fourth-order valence-corrected chi connectivity index (χ4v) is 1.82. The van der Waals surface area contributed by atoms with Gasteiger partial charge in [-0.1, -0.05) is 11.6 Å². The van der Waals surface area contributed by atoms with Gasteiger partial charge >= 0.3 is 0 Å². The standard InChI is InChI=1S/C10H13ClN4O/c1-5-6(2)15-8(7(11)12-5)13-14-9(15)10(3,4)16/h16H,1-4H3. The highest BCUT2D eigenvalue weighted by molar-refractivity contribution is 6.32. The maximum atomic E-state index is 10.00. The largest absolute Gasteiger partial charge is 0.382 e. The molecule has 0 aliphatic carbocycles. The summed E-state index contributed by atoms with van der Waals surface area (Å²) in [6, 6.07) is 0. The molecule has 0 saturated heterocycles. The summed E-state index contributed by atoms with van der Waals surface area (Å²) in [5, 5.41) is 18.2. The molecule has 0 aliphatic rings. The van der Waals surface area contributed by atoms with Crippen molar-refractivity contribution in [3.05, 3.63) is 22.4 Å². The van der Waals surface area contributed by atoms with Crippen molar-refractivity contribution in [1.29, 1.82) is 0 Å². The van der Waals surface area contributed by atoms with Crippen LogP contribution in [0.4, 0.5) is 0 Å². The molecule has 2 heterocycles. The van der Waals surface area contributed by atoms with Crippen LogP contribution in [0.1, 0.15) is 31.1 Å². The van der Waals surface area contributed by atoms with Gasteiger partial charge in [0.25, 0.3) is 0 Å². The van der Waals surface area contributed by atoms with E-state index in [2.05, 4.69) is 15.2 Å². The number of aryl methyl sites for hydroxylation is 2. The summed E-state index contributed by atoms with van der Waals surface area (Å²) in [5.41, 5.74) is 1.08. The smallest absolute Gasteiger partial charge is 0.198 e. The Morgan fingerprint density at radius 2 is 1.88 bits per heavy atom. The summed E-state index contributed by atoms with van der Waals surface area (Å²) < 4.78 is 1.74. The first-order valence-electron chi connectivity index (χ1n) is 4.93. The van der Waals surface area contributed by atoms with Crippen LogP contribution in [-0.4, -0.2) is 24.7 Å². The molecule has 0 saturated carbocycles. The molecule has 2 aromatic rings. The summed E-state index contributed by atoms with van der Waals surface area (Å²) in [6.45, 7) is 7.07. The summed E-state index contributed by atoms with van der Waals surface area (Å²) >= 11 is 5.98. The lowest BCUT2D eigenvalue weighted by atomic mass is 10.1. The van der Waals surface area contributed by atoms with Crippen molar-refractivity contribution in [2.24, 2.45) is 0 Å². The van der Waals surface area contributed by atoms with Crippen molar-refractivity contribution >= 4 is 17.2 Å². The minimum atomic E-state index is -1.07. The summed E-state index contributed by atoms with van der Waals surface area (Å²) in [5.74, 6) is 0.465. The Hall–Kier alpha value is -1.20. The number of nitrogens with zero attached hydrogens (tertiary/aromatic N) is 4. The van der Waals surface area contributed by atoms with E-state index in [0.29, 0.717) is 16.6 Å². The number of hydrogen-bond acceptors (Lipinski definition) is 4. The Kier molecular flexibility index (Phi) is 2.40. The van der Waals surface area contributed by atoms with Gasteiger partial charge in [-0.2, -0.15) is 0 Å². The Bertz CT molecular complexity index is 556. The highest BCUT2D eigenvalue weighted by atomic mass is 35.5.